The Morgan fingerprint density at radius 2 is 2.05 bits per heavy atom. The Morgan fingerprint density at radius 1 is 1.30 bits per heavy atom. The standard InChI is InChI=1S/C14H16N2O2S2/c1-3-19-11-5-4-6-12(13(11)14(15)16-17)20-10-7-8-18-9(10)2/h4-8,17H,3H2,1-2H3,(H2,15,16). The molecule has 2 aromatic rings. The molecule has 1 aromatic heterocycles. The van der Waals surface area contributed by atoms with Crippen LogP contribution in [0.1, 0.15) is 18.2 Å². The average Bonchev–Trinajstić information content (AvgIpc) is 2.84. The highest BCUT2D eigenvalue weighted by atomic mass is 32.2. The van der Waals surface area contributed by atoms with E-state index in [0.717, 1.165) is 31.8 Å². The van der Waals surface area contributed by atoms with E-state index in [1.807, 2.05) is 31.2 Å². The molecule has 0 saturated carbocycles. The van der Waals surface area contributed by atoms with Crippen molar-refractivity contribution in [1.29, 1.82) is 0 Å². The third kappa shape index (κ3) is 3.13. The summed E-state index contributed by atoms with van der Waals surface area (Å²) in [7, 11) is 0. The number of nitrogens with zero attached hydrogens (tertiary/aromatic N) is 1. The third-order valence-corrected chi connectivity index (χ3v) is 4.83. The molecule has 1 aromatic carbocycles. The molecule has 0 aliphatic heterocycles. The lowest BCUT2D eigenvalue weighted by atomic mass is 10.2. The number of furan rings is 1. The second-order valence-corrected chi connectivity index (χ2v) is 6.38. The molecule has 0 spiro atoms. The van der Waals surface area contributed by atoms with E-state index < -0.39 is 0 Å². The highest BCUT2D eigenvalue weighted by molar-refractivity contribution is 8.00. The Kier molecular flexibility index (Phi) is 5.03. The van der Waals surface area contributed by atoms with Crippen molar-refractivity contribution >= 4 is 29.4 Å². The molecule has 0 amide bonds. The molecule has 0 aliphatic carbocycles. The van der Waals surface area contributed by atoms with Gasteiger partial charge in [-0.2, -0.15) is 0 Å². The van der Waals surface area contributed by atoms with E-state index in [2.05, 4.69) is 12.1 Å². The zero-order valence-electron chi connectivity index (χ0n) is 11.3. The Labute approximate surface area is 126 Å². The van der Waals surface area contributed by atoms with Crippen LogP contribution in [0.5, 0.6) is 0 Å². The Balaban J connectivity index is 2.46. The van der Waals surface area contributed by atoms with E-state index in [9.17, 15) is 0 Å². The average molecular weight is 308 g/mol. The minimum absolute atomic E-state index is 0.130. The first-order valence-corrected chi connectivity index (χ1v) is 7.93. The van der Waals surface area contributed by atoms with Crippen molar-refractivity contribution in [3.8, 4) is 0 Å². The van der Waals surface area contributed by atoms with Gasteiger partial charge in [-0.15, -0.1) is 11.8 Å². The van der Waals surface area contributed by atoms with Gasteiger partial charge < -0.3 is 15.4 Å². The SMILES string of the molecule is CCSc1cccc(Sc2ccoc2C)c1/C(N)=N/O. The van der Waals surface area contributed by atoms with Crippen LogP contribution in [0.25, 0.3) is 0 Å². The number of rotatable bonds is 5. The first-order valence-electron chi connectivity index (χ1n) is 6.13. The van der Waals surface area contributed by atoms with Crippen molar-refractivity contribution in [2.75, 3.05) is 5.75 Å². The largest absolute Gasteiger partial charge is 0.468 e. The van der Waals surface area contributed by atoms with Gasteiger partial charge in [-0.25, -0.2) is 0 Å². The maximum absolute atomic E-state index is 9.01. The Morgan fingerprint density at radius 3 is 2.65 bits per heavy atom. The molecule has 4 nitrogen and oxygen atoms in total. The number of amidine groups is 1. The Bertz CT molecular complexity index is 623. The monoisotopic (exact) mass is 308 g/mol. The van der Waals surface area contributed by atoms with Crippen molar-refractivity contribution < 1.29 is 9.62 Å². The fourth-order valence-corrected chi connectivity index (χ4v) is 3.70. The van der Waals surface area contributed by atoms with Crippen LogP contribution in [-0.2, 0) is 0 Å². The maximum atomic E-state index is 9.01. The van der Waals surface area contributed by atoms with Gasteiger partial charge in [0.1, 0.15) is 5.76 Å². The molecular formula is C14H16N2O2S2. The minimum atomic E-state index is 0.130. The number of hydrogen-bond donors (Lipinski definition) is 2. The normalized spacial score (nSPS) is 11.8. The molecule has 1 heterocycles. The topological polar surface area (TPSA) is 71.8 Å². The molecule has 0 saturated heterocycles. The molecule has 106 valence electrons. The van der Waals surface area contributed by atoms with Crippen LogP contribution >= 0.6 is 23.5 Å². The lowest BCUT2D eigenvalue weighted by Crippen LogP contribution is -2.15. The maximum Gasteiger partial charge on any atom is 0.172 e. The molecule has 3 N–H and O–H groups in total. The number of nitrogens with two attached hydrogens (primary N) is 1. The van der Waals surface area contributed by atoms with Crippen molar-refractivity contribution in [3.63, 3.8) is 0 Å². The van der Waals surface area contributed by atoms with E-state index in [1.54, 1.807) is 29.8 Å². The van der Waals surface area contributed by atoms with E-state index >= 15 is 0 Å². The molecule has 6 heteroatoms. The van der Waals surface area contributed by atoms with Gasteiger partial charge in [0.05, 0.1) is 11.2 Å². The Hall–Kier alpha value is -1.53. The summed E-state index contributed by atoms with van der Waals surface area (Å²) in [6, 6.07) is 7.83. The zero-order chi connectivity index (χ0) is 14.5. The van der Waals surface area contributed by atoms with Gasteiger partial charge in [-0.3, -0.25) is 0 Å². The van der Waals surface area contributed by atoms with Crippen molar-refractivity contribution in [1.82, 2.24) is 0 Å². The van der Waals surface area contributed by atoms with E-state index in [-0.39, 0.29) is 5.84 Å². The van der Waals surface area contributed by atoms with Crippen LogP contribution in [-0.4, -0.2) is 16.8 Å². The molecule has 0 atom stereocenters. The summed E-state index contributed by atoms with van der Waals surface area (Å²) in [5, 5.41) is 12.2. The zero-order valence-corrected chi connectivity index (χ0v) is 12.9. The number of benzene rings is 1. The fraction of sp³-hybridized carbons (Fsp3) is 0.214. The van der Waals surface area contributed by atoms with Crippen LogP contribution < -0.4 is 5.73 Å². The fourth-order valence-electron chi connectivity index (χ4n) is 1.77. The van der Waals surface area contributed by atoms with E-state index in [4.69, 9.17) is 15.4 Å². The molecule has 0 radical (unpaired) electrons. The summed E-state index contributed by atoms with van der Waals surface area (Å²) in [5.74, 6) is 1.91. The van der Waals surface area contributed by atoms with Gasteiger partial charge in [0.2, 0.25) is 0 Å². The molecule has 0 bridgehead atoms. The highest BCUT2D eigenvalue weighted by Crippen LogP contribution is 2.36. The van der Waals surface area contributed by atoms with Crippen LogP contribution in [0.15, 0.2) is 54.8 Å². The van der Waals surface area contributed by atoms with Gasteiger partial charge in [-0.05, 0) is 30.9 Å². The predicted molar refractivity (Wildman–Crippen MR) is 82.9 cm³/mol. The lowest BCUT2D eigenvalue weighted by Gasteiger charge is -2.12. The smallest absolute Gasteiger partial charge is 0.172 e. The summed E-state index contributed by atoms with van der Waals surface area (Å²) in [4.78, 5) is 2.98. The number of oxime groups is 1. The van der Waals surface area contributed by atoms with E-state index in [0.29, 0.717) is 0 Å². The molecular weight excluding hydrogens is 292 g/mol. The van der Waals surface area contributed by atoms with Crippen LogP contribution in [0, 0.1) is 6.92 Å². The summed E-state index contributed by atoms with van der Waals surface area (Å²) < 4.78 is 5.30. The summed E-state index contributed by atoms with van der Waals surface area (Å²) in [5.41, 5.74) is 6.61. The molecule has 2 rings (SSSR count). The third-order valence-electron chi connectivity index (χ3n) is 2.68. The van der Waals surface area contributed by atoms with E-state index in [1.165, 1.54) is 0 Å². The molecule has 20 heavy (non-hydrogen) atoms. The summed E-state index contributed by atoms with van der Waals surface area (Å²) in [6.45, 7) is 3.98. The first-order chi connectivity index (χ1) is 9.67. The summed E-state index contributed by atoms with van der Waals surface area (Å²) in [6.07, 6.45) is 1.66. The van der Waals surface area contributed by atoms with Gasteiger partial charge in [-0.1, -0.05) is 29.9 Å². The highest BCUT2D eigenvalue weighted by Gasteiger charge is 2.15. The van der Waals surface area contributed by atoms with Gasteiger partial charge >= 0.3 is 0 Å². The van der Waals surface area contributed by atoms with Crippen LogP contribution in [0.2, 0.25) is 0 Å². The number of hydrogen-bond acceptors (Lipinski definition) is 5. The van der Waals surface area contributed by atoms with Gasteiger partial charge in [0.15, 0.2) is 5.84 Å². The quantitative estimate of drug-likeness (QED) is 0.288. The van der Waals surface area contributed by atoms with Crippen LogP contribution in [0.3, 0.4) is 0 Å². The van der Waals surface area contributed by atoms with Crippen molar-refractivity contribution in [2.24, 2.45) is 10.9 Å². The van der Waals surface area contributed by atoms with Crippen molar-refractivity contribution in [3.05, 3.63) is 41.9 Å². The lowest BCUT2D eigenvalue weighted by molar-refractivity contribution is 0.318. The van der Waals surface area contributed by atoms with Gasteiger partial charge in [0, 0.05) is 15.4 Å². The second-order valence-electron chi connectivity index (χ2n) is 3.99. The second kappa shape index (κ2) is 6.76. The van der Waals surface area contributed by atoms with Crippen LogP contribution in [0.4, 0.5) is 0 Å². The van der Waals surface area contributed by atoms with Gasteiger partial charge in [0.25, 0.3) is 0 Å². The molecule has 0 fully saturated rings. The minimum Gasteiger partial charge on any atom is -0.468 e. The number of thioether (sulfide) groups is 1. The molecule has 0 aliphatic rings. The first kappa shape index (κ1) is 14.9. The number of aryl methyl sites for hydroxylation is 1. The molecule has 0 unspecified atom stereocenters. The van der Waals surface area contributed by atoms with Crippen molar-refractivity contribution in [2.45, 2.75) is 28.5 Å². The summed E-state index contributed by atoms with van der Waals surface area (Å²) >= 11 is 3.22. The predicted octanol–water partition coefficient (Wildman–Crippen LogP) is 3.95.